The number of hydrogen-bond acceptors (Lipinski definition) is 5. The van der Waals surface area contributed by atoms with Crippen LogP contribution in [0.3, 0.4) is 0 Å². The van der Waals surface area contributed by atoms with Crippen LogP contribution < -0.4 is 0 Å². The maximum Gasteiger partial charge on any atom is 0.309 e. The molecule has 0 aromatic carbocycles. The Bertz CT molecular complexity index is 620. The molecular weight excluding hydrogens is 404 g/mol. The number of ketones is 1. The van der Waals surface area contributed by atoms with Crippen molar-refractivity contribution in [1.82, 2.24) is 0 Å². The molecule has 0 amide bonds. The second-order valence-electron chi connectivity index (χ2n) is 10.8. The van der Waals surface area contributed by atoms with Gasteiger partial charge >= 0.3 is 11.9 Å². The number of carbonyl (C=O) groups is 3. The van der Waals surface area contributed by atoms with Crippen molar-refractivity contribution in [2.75, 3.05) is 13.2 Å². The van der Waals surface area contributed by atoms with Gasteiger partial charge in [0.1, 0.15) is 5.78 Å². The lowest BCUT2D eigenvalue weighted by Gasteiger charge is -2.36. The molecule has 0 aromatic rings. The third-order valence-corrected chi connectivity index (χ3v) is 8.75. The van der Waals surface area contributed by atoms with E-state index in [1.165, 1.54) is 38.5 Å². The molecule has 0 N–H and O–H groups in total. The van der Waals surface area contributed by atoms with Crippen molar-refractivity contribution < 1.29 is 23.9 Å². The summed E-state index contributed by atoms with van der Waals surface area (Å²) in [5, 5.41) is 0. The highest BCUT2D eigenvalue weighted by Gasteiger charge is 2.59. The van der Waals surface area contributed by atoms with Crippen LogP contribution in [-0.4, -0.2) is 30.9 Å². The van der Waals surface area contributed by atoms with Gasteiger partial charge in [0.25, 0.3) is 0 Å². The highest BCUT2D eigenvalue weighted by atomic mass is 16.5. The molecule has 5 heteroatoms. The zero-order chi connectivity index (χ0) is 22.7. The number of carbonyl (C=O) groups excluding carboxylic acids is 3. The molecule has 0 radical (unpaired) electrons. The third kappa shape index (κ3) is 5.22. The lowest BCUT2D eigenvalue weighted by atomic mass is 9.67. The summed E-state index contributed by atoms with van der Waals surface area (Å²) in [6.45, 7) is 4.50. The van der Waals surface area contributed by atoms with Crippen molar-refractivity contribution in [2.24, 2.45) is 47.3 Å². The first-order valence-corrected chi connectivity index (χ1v) is 13.4. The van der Waals surface area contributed by atoms with Crippen LogP contribution in [0.4, 0.5) is 0 Å². The van der Waals surface area contributed by atoms with Gasteiger partial charge in [-0.15, -0.1) is 0 Å². The zero-order valence-corrected chi connectivity index (χ0v) is 20.1. The van der Waals surface area contributed by atoms with Crippen molar-refractivity contribution in [3.05, 3.63) is 0 Å². The Labute approximate surface area is 193 Å². The van der Waals surface area contributed by atoms with E-state index in [2.05, 4.69) is 0 Å². The van der Waals surface area contributed by atoms with Crippen molar-refractivity contribution in [1.29, 1.82) is 0 Å². The van der Waals surface area contributed by atoms with Crippen molar-refractivity contribution in [3.63, 3.8) is 0 Å². The third-order valence-electron chi connectivity index (χ3n) is 8.75. The van der Waals surface area contributed by atoms with Gasteiger partial charge in [-0.1, -0.05) is 38.5 Å². The Morgan fingerprint density at radius 3 is 1.38 bits per heavy atom. The highest BCUT2D eigenvalue weighted by Crippen LogP contribution is 2.56. The van der Waals surface area contributed by atoms with Crippen LogP contribution in [0.15, 0.2) is 0 Å². The van der Waals surface area contributed by atoms with Crippen LogP contribution in [-0.2, 0) is 23.9 Å². The first-order chi connectivity index (χ1) is 15.6. The molecule has 180 valence electrons. The number of hydrogen-bond donors (Lipinski definition) is 0. The molecule has 5 nitrogen and oxygen atoms in total. The first kappa shape index (κ1) is 23.8. The van der Waals surface area contributed by atoms with Gasteiger partial charge in [-0.3, -0.25) is 14.4 Å². The monoisotopic (exact) mass is 446 g/mol. The summed E-state index contributed by atoms with van der Waals surface area (Å²) in [4.78, 5) is 39.3. The van der Waals surface area contributed by atoms with Gasteiger partial charge in [-0.25, -0.2) is 0 Å². The lowest BCUT2D eigenvalue weighted by molar-refractivity contribution is -0.146. The van der Waals surface area contributed by atoms with E-state index in [9.17, 15) is 14.4 Å². The lowest BCUT2D eigenvalue weighted by Crippen LogP contribution is -2.38. The summed E-state index contributed by atoms with van der Waals surface area (Å²) < 4.78 is 10.6. The minimum absolute atomic E-state index is 0.0277. The van der Waals surface area contributed by atoms with E-state index in [1.807, 2.05) is 13.8 Å². The first-order valence-electron chi connectivity index (χ1n) is 13.4. The van der Waals surface area contributed by atoms with Gasteiger partial charge in [0.15, 0.2) is 0 Å². The number of rotatable bonds is 10. The Morgan fingerprint density at radius 1 is 0.656 bits per heavy atom. The van der Waals surface area contributed by atoms with E-state index in [4.69, 9.17) is 9.47 Å². The zero-order valence-electron chi connectivity index (χ0n) is 20.1. The molecule has 4 aliphatic rings. The Balaban J connectivity index is 1.55. The van der Waals surface area contributed by atoms with Gasteiger partial charge in [0.05, 0.1) is 25.0 Å². The Kier molecular flexibility index (Phi) is 7.94. The molecule has 6 unspecified atom stereocenters. The molecule has 4 rings (SSSR count). The minimum Gasteiger partial charge on any atom is -0.466 e. The maximum absolute atomic E-state index is 14.4. The van der Waals surface area contributed by atoms with E-state index < -0.39 is 0 Å². The number of Topliss-reactive ketones (excluding diaryl/α,β-unsaturated/α-hetero) is 1. The fourth-order valence-electron chi connectivity index (χ4n) is 7.06. The molecule has 4 aliphatic carbocycles. The predicted octanol–water partition coefficient (Wildman–Crippen LogP) is 5.35. The normalized spacial score (nSPS) is 32.6. The average molecular weight is 447 g/mol. The topological polar surface area (TPSA) is 69.7 Å². The standard InChI is InChI=1S/C27H42O5/c1-3-31-26(29)21-15-19(21)23(17-11-7-5-8-12-17)25(28)24(18-13-9-6-10-14-18)20-16-22(20)27(30)32-4-2/h17-24H,3-16H2,1-2H3. The minimum atomic E-state index is -0.115. The van der Waals surface area contributed by atoms with E-state index in [0.717, 1.165) is 38.5 Å². The van der Waals surface area contributed by atoms with E-state index in [-0.39, 0.29) is 47.4 Å². The van der Waals surface area contributed by atoms with E-state index in [1.54, 1.807) is 0 Å². The highest BCUT2D eigenvalue weighted by molar-refractivity contribution is 5.88. The molecule has 0 bridgehead atoms. The largest absolute Gasteiger partial charge is 0.466 e. The van der Waals surface area contributed by atoms with Crippen molar-refractivity contribution >= 4 is 17.7 Å². The number of ether oxygens (including phenoxy) is 2. The van der Waals surface area contributed by atoms with Gasteiger partial charge in [0.2, 0.25) is 0 Å². The molecule has 0 spiro atoms. The smallest absolute Gasteiger partial charge is 0.309 e. The van der Waals surface area contributed by atoms with Crippen molar-refractivity contribution in [2.45, 2.75) is 90.9 Å². The van der Waals surface area contributed by atoms with Crippen LogP contribution in [0.2, 0.25) is 0 Å². The maximum atomic E-state index is 14.4. The molecule has 0 aliphatic heterocycles. The van der Waals surface area contributed by atoms with Crippen LogP contribution in [0.25, 0.3) is 0 Å². The van der Waals surface area contributed by atoms with Gasteiger partial charge in [-0.05, 0) is 76.0 Å². The summed E-state index contributed by atoms with van der Waals surface area (Å²) in [6.07, 6.45) is 13.3. The number of esters is 2. The summed E-state index contributed by atoms with van der Waals surface area (Å²) in [5.41, 5.74) is 0. The molecule has 32 heavy (non-hydrogen) atoms. The van der Waals surface area contributed by atoms with Gasteiger partial charge in [-0.2, -0.15) is 0 Å². The molecule has 4 saturated carbocycles. The molecule has 4 fully saturated rings. The second kappa shape index (κ2) is 10.7. The Hall–Kier alpha value is -1.39. The molecular formula is C27H42O5. The molecule has 0 saturated heterocycles. The van der Waals surface area contributed by atoms with Crippen LogP contribution in [0.1, 0.15) is 90.9 Å². The summed E-state index contributed by atoms with van der Waals surface area (Å²) in [5.74, 6) is 0.991. The summed E-state index contributed by atoms with van der Waals surface area (Å²) >= 11 is 0. The van der Waals surface area contributed by atoms with E-state index in [0.29, 0.717) is 30.8 Å². The average Bonchev–Trinajstić information content (AvgIpc) is 3.72. The van der Waals surface area contributed by atoms with Gasteiger partial charge in [0, 0.05) is 11.8 Å². The Morgan fingerprint density at radius 2 is 1.03 bits per heavy atom. The second-order valence-corrected chi connectivity index (χ2v) is 10.8. The van der Waals surface area contributed by atoms with Crippen LogP contribution >= 0.6 is 0 Å². The summed E-state index contributed by atoms with van der Waals surface area (Å²) in [7, 11) is 0. The molecule has 6 atom stereocenters. The predicted molar refractivity (Wildman–Crippen MR) is 122 cm³/mol. The SMILES string of the molecule is CCOC(=O)C1CC1C(C(=O)C(C1CCCCC1)C1CC1C(=O)OCC)C1CCCCC1. The summed E-state index contributed by atoms with van der Waals surface area (Å²) in [6, 6.07) is 0. The molecule has 0 aromatic heterocycles. The fourth-order valence-corrected chi connectivity index (χ4v) is 7.06. The van der Waals surface area contributed by atoms with Crippen LogP contribution in [0.5, 0.6) is 0 Å². The van der Waals surface area contributed by atoms with Gasteiger partial charge < -0.3 is 9.47 Å². The quantitative estimate of drug-likeness (QED) is 0.423. The van der Waals surface area contributed by atoms with Crippen molar-refractivity contribution in [3.8, 4) is 0 Å². The van der Waals surface area contributed by atoms with E-state index >= 15 is 0 Å². The fraction of sp³-hybridized carbons (Fsp3) is 0.889. The molecule has 0 heterocycles. The van der Waals surface area contributed by atoms with Crippen LogP contribution in [0, 0.1) is 47.3 Å².